The summed E-state index contributed by atoms with van der Waals surface area (Å²) in [5, 5.41) is 9.96. The molecule has 96 valence electrons. The summed E-state index contributed by atoms with van der Waals surface area (Å²) in [5.74, 6) is 0.395. The molecule has 0 aliphatic rings. The number of hydrogen-bond donors (Lipinski definition) is 1. The van der Waals surface area contributed by atoms with Crippen molar-refractivity contribution in [2.45, 2.75) is 52.5 Å². The third-order valence-corrected chi connectivity index (χ3v) is 3.18. The summed E-state index contributed by atoms with van der Waals surface area (Å²) >= 11 is 0. The molecular formula is C15H25NO. The second-order valence-corrected chi connectivity index (χ2v) is 4.67. The monoisotopic (exact) mass is 235 g/mol. The normalized spacial score (nSPS) is 12.4. The number of phenols is 1. The average molecular weight is 235 g/mol. The zero-order valence-corrected chi connectivity index (χ0v) is 11.3. The second kappa shape index (κ2) is 7.21. The van der Waals surface area contributed by atoms with Crippen molar-refractivity contribution in [1.29, 1.82) is 0 Å². The highest BCUT2D eigenvalue weighted by molar-refractivity contribution is 5.58. The molecule has 2 nitrogen and oxygen atoms in total. The number of unbranched alkanes of at least 4 members (excludes halogenated alkanes) is 1. The van der Waals surface area contributed by atoms with Crippen molar-refractivity contribution in [2.24, 2.45) is 0 Å². The van der Waals surface area contributed by atoms with E-state index in [0.717, 1.165) is 18.7 Å². The highest BCUT2D eigenvalue weighted by Crippen LogP contribution is 2.29. The van der Waals surface area contributed by atoms with Crippen LogP contribution in [0.1, 0.15) is 46.5 Å². The zero-order valence-electron chi connectivity index (χ0n) is 11.3. The van der Waals surface area contributed by atoms with Gasteiger partial charge in [0, 0.05) is 12.6 Å². The maximum atomic E-state index is 9.96. The van der Waals surface area contributed by atoms with Gasteiger partial charge in [-0.05, 0) is 31.9 Å². The molecule has 0 aromatic heterocycles. The lowest BCUT2D eigenvalue weighted by atomic mass is 10.1. The summed E-state index contributed by atoms with van der Waals surface area (Å²) in [6.45, 7) is 7.67. The van der Waals surface area contributed by atoms with E-state index in [1.165, 1.54) is 19.3 Å². The summed E-state index contributed by atoms with van der Waals surface area (Å²) in [4.78, 5) is 2.34. The minimum atomic E-state index is 0.395. The smallest absolute Gasteiger partial charge is 0.138 e. The van der Waals surface area contributed by atoms with Gasteiger partial charge in [0.05, 0.1) is 5.69 Å². The summed E-state index contributed by atoms with van der Waals surface area (Å²) in [6.07, 6.45) is 4.70. The molecule has 2 heteroatoms. The van der Waals surface area contributed by atoms with E-state index < -0.39 is 0 Å². The van der Waals surface area contributed by atoms with E-state index in [9.17, 15) is 5.11 Å². The van der Waals surface area contributed by atoms with Gasteiger partial charge in [-0.2, -0.15) is 0 Å². The van der Waals surface area contributed by atoms with Gasteiger partial charge in [-0.1, -0.05) is 38.8 Å². The number of aromatic hydroxyl groups is 1. The lowest BCUT2D eigenvalue weighted by molar-refractivity contribution is 0.467. The Morgan fingerprint density at radius 1 is 1.18 bits per heavy atom. The summed E-state index contributed by atoms with van der Waals surface area (Å²) in [7, 11) is 0. The van der Waals surface area contributed by atoms with E-state index in [1.54, 1.807) is 6.07 Å². The number of para-hydroxylation sites is 2. The SMILES string of the molecule is CCCCN(c1ccccc1O)C(C)CCC. The second-order valence-electron chi connectivity index (χ2n) is 4.67. The zero-order chi connectivity index (χ0) is 12.7. The summed E-state index contributed by atoms with van der Waals surface area (Å²) < 4.78 is 0. The van der Waals surface area contributed by atoms with Crippen molar-refractivity contribution in [3.8, 4) is 5.75 Å². The number of hydrogen-bond acceptors (Lipinski definition) is 2. The van der Waals surface area contributed by atoms with Crippen LogP contribution in [0, 0.1) is 0 Å². The first-order chi connectivity index (χ1) is 8.20. The first-order valence-corrected chi connectivity index (χ1v) is 6.75. The molecule has 1 atom stereocenters. The third kappa shape index (κ3) is 3.95. The largest absolute Gasteiger partial charge is 0.506 e. The predicted octanol–water partition coefficient (Wildman–Crippen LogP) is 4.19. The number of nitrogens with zero attached hydrogens (tertiary/aromatic N) is 1. The van der Waals surface area contributed by atoms with Gasteiger partial charge in [-0.25, -0.2) is 0 Å². The molecule has 1 rings (SSSR count). The molecule has 0 saturated heterocycles. The van der Waals surface area contributed by atoms with Crippen LogP contribution in [-0.4, -0.2) is 17.7 Å². The standard InChI is InChI=1S/C15H25NO/c1-4-6-12-16(13(3)9-5-2)14-10-7-8-11-15(14)17/h7-8,10-11,13,17H,4-6,9,12H2,1-3H3. The first-order valence-electron chi connectivity index (χ1n) is 6.75. The van der Waals surface area contributed by atoms with Gasteiger partial charge in [-0.3, -0.25) is 0 Å². The molecule has 1 unspecified atom stereocenters. The number of rotatable bonds is 7. The topological polar surface area (TPSA) is 23.5 Å². The summed E-state index contributed by atoms with van der Waals surface area (Å²) in [5.41, 5.74) is 0.974. The van der Waals surface area contributed by atoms with E-state index in [0.29, 0.717) is 11.8 Å². The Hall–Kier alpha value is -1.18. The highest BCUT2D eigenvalue weighted by atomic mass is 16.3. The molecule has 1 aromatic rings. The van der Waals surface area contributed by atoms with Crippen LogP contribution < -0.4 is 4.90 Å². The van der Waals surface area contributed by atoms with Gasteiger partial charge >= 0.3 is 0 Å². The van der Waals surface area contributed by atoms with Crippen LogP contribution in [-0.2, 0) is 0 Å². The van der Waals surface area contributed by atoms with Crippen LogP contribution in [0.2, 0.25) is 0 Å². The molecular weight excluding hydrogens is 210 g/mol. The molecule has 1 N–H and O–H groups in total. The first kappa shape index (κ1) is 13.9. The Kier molecular flexibility index (Phi) is 5.88. The van der Waals surface area contributed by atoms with Gasteiger partial charge in [0.1, 0.15) is 5.75 Å². The molecule has 0 amide bonds. The Morgan fingerprint density at radius 2 is 1.88 bits per heavy atom. The molecule has 0 fully saturated rings. The minimum Gasteiger partial charge on any atom is -0.506 e. The Morgan fingerprint density at radius 3 is 2.47 bits per heavy atom. The van der Waals surface area contributed by atoms with Crippen LogP contribution in [0.5, 0.6) is 5.75 Å². The highest BCUT2D eigenvalue weighted by Gasteiger charge is 2.15. The fourth-order valence-electron chi connectivity index (χ4n) is 2.19. The Balaban J connectivity index is 2.85. The predicted molar refractivity (Wildman–Crippen MR) is 74.7 cm³/mol. The van der Waals surface area contributed by atoms with Crippen molar-refractivity contribution >= 4 is 5.69 Å². The lowest BCUT2D eigenvalue weighted by Crippen LogP contribution is -2.33. The maximum absolute atomic E-state index is 9.96. The molecule has 0 spiro atoms. The van der Waals surface area contributed by atoms with Crippen LogP contribution in [0.25, 0.3) is 0 Å². The molecule has 17 heavy (non-hydrogen) atoms. The average Bonchev–Trinajstić information content (AvgIpc) is 2.32. The molecule has 0 bridgehead atoms. The van der Waals surface area contributed by atoms with E-state index >= 15 is 0 Å². The van der Waals surface area contributed by atoms with Crippen molar-refractivity contribution < 1.29 is 5.11 Å². The fourth-order valence-corrected chi connectivity index (χ4v) is 2.19. The number of benzene rings is 1. The van der Waals surface area contributed by atoms with Crippen LogP contribution >= 0.6 is 0 Å². The fraction of sp³-hybridized carbons (Fsp3) is 0.600. The van der Waals surface area contributed by atoms with Crippen molar-refractivity contribution in [3.05, 3.63) is 24.3 Å². The Bertz CT molecular complexity index is 324. The van der Waals surface area contributed by atoms with Crippen LogP contribution in [0.4, 0.5) is 5.69 Å². The minimum absolute atomic E-state index is 0.395. The lowest BCUT2D eigenvalue weighted by Gasteiger charge is -2.31. The Labute approximate surface area is 105 Å². The van der Waals surface area contributed by atoms with Gasteiger partial charge in [0.25, 0.3) is 0 Å². The van der Waals surface area contributed by atoms with Crippen molar-refractivity contribution in [3.63, 3.8) is 0 Å². The van der Waals surface area contributed by atoms with Crippen LogP contribution in [0.3, 0.4) is 0 Å². The van der Waals surface area contributed by atoms with E-state index in [1.807, 2.05) is 18.2 Å². The molecule has 0 aliphatic carbocycles. The van der Waals surface area contributed by atoms with Gasteiger partial charge < -0.3 is 10.0 Å². The number of anilines is 1. The quantitative estimate of drug-likeness (QED) is 0.766. The molecule has 0 heterocycles. The van der Waals surface area contributed by atoms with Crippen molar-refractivity contribution in [2.75, 3.05) is 11.4 Å². The summed E-state index contributed by atoms with van der Waals surface area (Å²) in [6, 6.07) is 8.14. The molecule has 0 radical (unpaired) electrons. The van der Waals surface area contributed by atoms with E-state index in [2.05, 4.69) is 25.7 Å². The number of phenolic OH excluding ortho intramolecular Hbond substituents is 1. The maximum Gasteiger partial charge on any atom is 0.138 e. The van der Waals surface area contributed by atoms with Gasteiger partial charge in [-0.15, -0.1) is 0 Å². The third-order valence-electron chi connectivity index (χ3n) is 3.18. The van der Waals surface area contributed by atoms with E-state index in [-0.39, 0.29) is 0 Å². The molecule has 0 aliphatic heterocycles. The molecule has 1 aromatic carbocycles. The van der Waals surface area contributed by atoms with Gasteiger partial charge in [0.2, 0.25) is 0 Å². The van der Waals surface area contributed by atoms with E-state index in [4.69, 9.17) is 0 Å². The molecule has 0 saturated carbocycles. The van der Waals surface area contributed by atoms with Crippen molar-refractivity contribution in [1.82, 2.24) is 0 Å². The van der Waals surface area contributed by atoms with Gasteiger partial charge in [0.15, 0.2) is 0 Å². The van der Waals surface area contributed by atoms with Crippen LogP contribution in [0.15, 0.2) is 24.3 Å².